The Morgan fingerprint density at radius 3 is 2.64 bits per heavy atom. The fraction of sp³-hybridized carbons (Fsp3) is 0.208. The molecule has 0 spiro atoms. The van der Waals surface area contributed by atoms with Gasteiger partial charge < -0.3 is 10.5 Å². The predicted octanol–water partition coefficient (Wildman–Crippen LogP) is 0.848. The quantitative estimate of drug-likeness (QED) is 0.369. The second-order valence-electron chi connectivity index (χ2n) is 7.94. The fourth-order valence-electron chi connectivity index (χ4n) is 3.78. The molecule has 1 amide bonds. The Bertz CT molecular complexity index is 1600. The smallest absolute Gasteiger partial charge is 0.330 e. The van der Waals surface area contributed by atoms with Crippen LogP contribution >= 0.6 is 0 Å². The first-order valence-corrected chi connectivity index (χ1v) is 10.9. The minimum absolute atomic E-state index is 0.00499. The SMILES string of the molecule is COCCn1c(N)c(N(Cc2ccccc2)C(=O)Cn2cnc3ccc(F)cc3c2=O)c(=O)[nH]c1=O. The van der Waals surface area contributed by atoms with E-state index in [1.807, 2.05) is 0 Å². The zero-order valence-corrected chi connectivity index (χ0v) is 19.3. The first-order chi connectivity index (χ1) is 17.3. The third kappa shape index (κ3) is 4.93. The highest BCUT2D eigenvalue weighted by atomic mass is 19.1. The van der Waals surface area contributed by atoms with E-state index in [1.54, 1.807) is 30.3 Å². The molecule has 0 aliphatic carbocycles. The van der Waals surface area contributed by atoms with E-state index in [9.17, 15) is 23.6 Å². The molecule has 0 unspecified atom stereocenters. The number of nitrogens with two attached hydrogens (primary N) is 1. The van der Waals surface area contributed by atoms with Gasteiger partial charge in [0, 0.05) is 7.11 Å². The van der Waals surface area contributed by atoms with Gasteiger partial charge in [-0.2, -0.15) is 0 Å². The van der Waals surface area contributed by atoms with E-state index in [0.29, 0.717) is 5.56 Å². The molecule has 186 valence electrons. The van der Waals surface area contributed by atoms with Gasteiger partial charge in [-0.05, 0) is 23.8 Å². The topological polar surface area (TPSA) is 145 Å². The molecule has 2 heterocycles. The third-order valence-electron chi connectivity index (χ3n) is 5.58. The molecule has 11 nitrogen and oxygen atoms in total. The van der Waals surface area contributed by atoms with Crippen LogP contribution in [-0.4, -0.2) is 38.7 Å². The van der Waals surface area contributed by atoms with Crippen molar-refractivity contribution in [3.05, 3.63) is 97.4 Å². The standard InChI is InChI=1S/C24H23FN6O5/c1-36-10-9-30-21(26)20(22(33)28-24(30)35)31(12-15-5-3-2-4-6-15)19(32)13-29-14-27-18-8-7-16(25)11-17(18)23(29)34/h2-8,11,14H,9-10,12-13,26H2,1H3,(H,28,33,35). The molecule has 36 heavy (non-hydrogen) atoms. The van der Waals surface area contributed by atoms with E-state index in [2.05, 4.69) is 9.97 Å². The lowest BCUT2D eigenvalue weighted by atomic mass is 10.2. The number of carbonyl (C=O) groups is 1. The summed E-state index contributed by atoms with van der Waals surface area (Å²) in [7, 11) is 1.44. The number of nitrogens with zero attached hydrogens (tertiary/aromatic N) is 4. The molecule has 2 aromatic heterocycles. The van der Waals surface area contributed by atoms with E-state index < -0.39 is 35.1 Å². The Balaban J connectivity index is 1.80. The van der Waals surface area contributed by atoms with Gasteiger partial charge in [0.05, 0.1) is 36.9 Å². The van der Waals surface area contributed by atoms with Gasteiger partial charge in [-0.25, -0.2) is 14.2 Å². The Morgan fingerprint density at radius 2 is 1.92 bits per heavy atom. The number of hydrogen-bond acceptors (Lipinski definition) is 7. The van der Waals surface area contributed by atoms with Gasteiger partial charge in [0.25, 0.3) is 11.1 Å². The molecule has 0 radical (unpaired) electrons. The van der Waals surface area contributed by atoms with Crippen LogP contribution < -0.4 is 27.4 Å². The van der Waals surface area contributed by atoms with Crippen molar-refractivity contribution in [1.29, 1.82) is 0 Å². The van der Waals surface area contributed by atoms with E-state index in [4.69, 9.17) is 10.5 Å². The highest BCUT2D eigenvalue weighted by Gasteiger charge is 2.25. The summed E-state index contributed by atoms with van der Waals surface area (Å²) in [5, 5.41) is 0.00499. The maximum absolute atomic E-state index is 13.7. The van der Waals surface area contributed by atoms with Gasteiger partial charge in [-0.15, -0.1) is 0 Å². The average molecular weight is 494 g/mol. The highest BCUT2D eigenvalue weighted by Crippen LogP contribution is 2.20. The number of methoxy groups -OCH3 is 1. The van der Waals surface area contributed by atoms with Gasteiger partial charge >= 0.3 is 5.69 Å². The molecule has 3 N–H and O–H groups in total. The van der Waals surface area contributed by atoms with Gasteiger partial charge in [0.1, 0.15) is 18.2 Å². The molecule has 0 saturated heterocycles. The summed E-state index contributed by atoms with van der Waals surface area (Å²) >= 11 is 0. The summed E-state index contributed by atoms with van der Waals surface area (Å²) in [5.74, 6) is -1.52. The number of rotatable bonds is 8. The van der Waals surface area contributed by atoms with Crippen LogP contribution in [0.2, 0.25) is 0 Å². The number of amides is 1. The average Bonchev–Trinajstić information content (AvgIpc) is 2.85. The van der Waals surface area contributed by atoms with Crippen LogP contribution in [0.15, 0.2) is 69.2 Å². The lowest BCUT2D eigenvalue weighted by Crippen LogP contribution is -2.43. The van der Waals surface area contributed by atoms with Crippen molar-refractivity contribution in [2.75, 3.05) is 24.4 Å². The van der Waals surface area contributed by atoms with Crippen LogP contribution in [0.3, 0.4) is 0 Å². The number of nitrogen functional groups attached to an aromatic ring is 1. The molecule has 0 aliphatic heterocycles. The highest BCUT2D eigenvalue weighted by molar-refractivity contribution is 5.95. The van der Waals surface area contributed by atoms with Crippen molar-refractivity contribution in [1.82, 2.24) is 19.1 Å². The predicted molar refractivity (Wildman–Crippen MR) is 131 cm³/mol. The minimum Gasteiger partial charge on any atom is -0.383 e. The molecule has 2 aromatic carbocycles. The zero-order valence-electron chi connectivity index (χ0n) is 19.3. The summed E-state index contributed by atoms with van der Waals surface area (Å²) in [5.41, 5.74) is 4.67. The van der Waals surface area contributed by atoms with E-state index in [-0.39, 0.29) is 42.1 Å². The molecule has 12 heteroatoms. The number of ether oxygens (including phenoxy) is 1. The molecular formula is C24H23FN6O5. The number of halogens is 1. The van der Waals surface area contributed by atoms with Crippen molar-refractivity contribution in [3.8, 4) is 0 Å². The molecule has 0 bridgehead atoms. The second-order valence-corrected chi connectivity index (χ2v) is 7.94. The van der Waals surface area contributed by atoms with Crippen LogP contribution in [0.5, 0.6) is 0 Å². The van der Waals surface area contributed by atoms with Crippen molar-refractivity contribution in [2.45, 2.75) is 19.6 Å². The zero-order chi connectivity index (χ0) is 25.8. The van der Waals surface area contributed by atoms with Crippen molar-refractivity contribution >= 4 is 28.3 Å². The third-order valence-corrected chi connectivity index (χ3v) is 5.58. The first-order valence-electron chi connectivity index (χ1n) is 10.9. The normalized spacial score (nSPS) is 11.1. The molecular weight excluding hydrogens is 471 g/mol. The monoisotopic (exact) mass is 494 g/mol. The van der Waals surface area contributed by atoms with Crippen LogP contribution in [-0.2, 0) is 29.2 Å². The number of fused-ring (bicyclic) bond motifs is 1. The summed E-state index contributed by atoms with van der Waals surface area (Å²) < 4.78 is 20.8. The van der Waals surface area contributed by atoms with Gasteiger partial charge in [-0.1, -0.05) is 30.3 Å². The van der Waals surface area contributed by atoms with E-state index in [1.165, 1.54) is 25.6 Å². The van der Waals surface area contributed by atoms with Crippen LogP contribution in [0, 0.1) is 5.82 Å². The fourth-order valence-corrected chi connectivity index (χ4v) is 3.78. The summed E-state index contributed by atoms with van der Waals surface area (Å²) in [6.07, 6.45) is 1.17. The molecule has 0 saturated carbocycles. The molecule has 0 aliphatic rings. The van der Waals surface area contributed by atoms with Gasteiger partial charge in [-0.3, -0.25) is 33.4 Å². The first kappa shape index (κ1) is 24.5. The van der Waals surface area contributed by atoms with E-state index in [0.717, 1.165) is 20.1 Å². The molecule has 4 aromatic rings. The number of anilines is 2. The Hall–Kier alpha value is -4.58. The lowest BCUT2D eigenvalue weighted by Gasteiger charge is -2.25. The number of H-pyrrole nitrogens is 1. The number of aromatic amines is 1. The second kappa shape index (κ2) is 10.4. The summed E-state index contributed by atoms with van der Waals surface area (Å²) in [6, 6.07) is 12.4. The Kier molecular flexibility index (Phi) is 7.06. The molecule has 0 fully saturated rings. The number of hydrogen-bond donors (Lipinski definition) is 2. The van der Waals surface area contributed by atoms with Crippen molar-refractivity contribution in [3.63, 3.8) is 0 Å². The lowest BCUT2D eigenvalue weighted by molar-refractivity contribution is -0.119. The van der Waals surface area contributed by atoms with Gasteiger partial charge in [0.2, 0.25) is 5.91 Å². The largest absolute Gasteiger partial charge is 0.383 e. The Labute approximate surface area is 203 Å². The van der Waals surface area contributed by atoms with Crippen LogP contribution in [0.25, 0.3) is 10.9 Å². The Morgan fingerprint density at radius 1 is 1.17 bits per heavy atom. The summed E-state index contributed by atoms with van der Waals surface area (Å²) in [4.78, 5) is 59.1. The maximum Gasteiger partial charge on any atom is 0.330 e. The van der Waals surface area contributed by atoms with Gasteiger partial charge in [0.15, 0.2) is 5.69 Å². The van der Waals surface area contributed by atoms with Crippen molar-refractivity contribution < 1.29 is 13.9 Å². The molecule has 4 rings (SSSR count). The van der Waals surface area contributed by atoms with E-state index >= 15 is 0 Å². The number of aromatic nitrogens is 4. The number of carbonyl (C=O) groups excluding carboxylic acids is 1. The minimum atomic E-state index is -0.860. The summed E-state index contributed by atoms with van der Waals surface area (Å²) in [6.45, 7) is -0.407. The molecule has 0 atom stereocenters. The van der Waals surface area contributed by atoms with Crippen LogP contribution in [0.4, 0.5) is 15.9 Å². The van der Waals surface area contributed by atoms with Crippen molar-refractivity contribution in [2.24, 2.45) is 0 Å². The maximum atomic E-state index is 13.7. The van der Waals surface area contributed by atoms with Crippen LogP contribution in [0.1, 0.15) is 5.56 Å². The number of nitrogens with one attached hydrogen (secondary N) is 1. The number of benzene rings is 2.